The monoisotopic (exact) mass is 302 g/mol. The average Bonchev–Trinajstić information content (AvgIpc) is 2.75. The van der Waals surface area contributed by atoms with Gasteiger partial charge < -0.3 is 0 Å². The molecule has 7 heteroatoms. The van der Waals surface area contributed by atoms with Gasteiger partial charge in [0.1, 0.15) is 4.33 Å². The molecule has 3 rings (SSSR count). The van der Waals surface area contributed by atoms with E-state index in [1.54, 1.807) is 12.1 Å². The highest BCUT2D eigenvalue weighted by Crippen LogP contribution is 2.53. The van der Waals surface area contributed by atoms with Crippen molar-refractivity contribution in [3.8, 4) is 11.4 Å². The van der Waals surface area contributed by atoms with E-state index in [9.17, 15) is 0 Å². The molecule has 0 radical (unpaired) electrons. The van der Waals surface area contributed by atoms with E-state index in [1.165, 1.54) is 4.80 Å². The minimum atomic E-state index is -0.617. The number of halogens is 3. The van der Waals surface area contributed by atoms with Crippen LogP contribution < -0.4 is 0 Å². The third kappa shape index (κ3) is 2.46. The fourth-order valence-corrected chi connectivity index (χ4v) is 2.34. The highest BCUT2D eigenvalue weighted by molar-refractivity contribution is 6.50. The van der Waals surface area contributed by atoms with Crippen molar-refractivity contribution < 1.29 is 0 Å². The van der Waals surface area contributed by atoms with Crippen LogP contribution in [-0.4, -0.2) is 24.5 Å². The Morgan fingerprint density at radius 2 is 1.94 bits per heavy atom. The highest BCUT2D eigenvalue weighted by atomic mass is 35.5. The van der Waals surface area contributed by atoms with Gasteiger partial charge in [-0.1, -0.05) is 11.6 Å². The zero-order valence-electron chi connectivity index (χ0n) is 9.22. The van der Waals surface area contributed by atoms with Crippen molar-refractivity contribution >= 4 is 34.8 Å². The second-order valence-electron chi connectivity index (χ2n) is 4.34. The molecule has 0 N–H and O–H groups in total. The topological polar surface area (TPSA) is 43.6 Å². The molecule has 94 valence electrons. The van der Waals surface area contributed by atoms with Gasteiger partial charge in [0.05, 0.1) is 6.54 Å². The number of aromatic nitrogens is 4. The summed E-state index contributed by atoms with van der Waals surface area (Å²) in [6.07, 6.45) is 0.772. The Morgan fingerprint density at radius 1 is 1.28 bits per heavy atom. The molecule has 1 fully saturated rings. The van der Waals surface area contributed by atoms with Gasteiger partial charge in [-0.3, -0.25) is 0 Å². The lowest BCUT2D eigenvalue weighted by Gasteiger charge is -1.98. The third-order valence-corrected chi connectivity index (χ3v) is 4.07. The summed E-state index contributed by atoms with van der Waals surface area (Å²) >= 11 is 17.7. The molecule has 1 aromatic carbocycles. The van der Waals surface area contributed by atoms with Crippen molar-refractivity contribution in [2.24, 2.45) is 5.92 Å². The fourth-order valence-electron chi connectivity index (χ4n) is 1.70. The van der Waals surface area contributed by atoms with Crippen molar-refractivity contribution in [2.75, 3.05) is 0 Å². The van der Waals surface area contributed by atoms with Gasteiger partial charge in [-0.05, 0) is 35.9 Å². The molecular weight excluding hydrogens is 295 g/mol. The molecule has 1 atom stereocenters. The van der Waals surface area contributed by atoms with Crippen LogP contribution in [0.3, 0.4) is 0 Å². The van der Waals surface area contributed by atoms with Gasteiger partial charge in [-0.2, -0.15) is 4.80 Å². The lowest BCUT2D eigenvalue weighted by atomic mass is 10.2. The summed E-state index contributed by atoms with van der Waals surface area (Å²) in [5.41, 5.74) is 0.879. The zero-order valence-corrected chi connectivity index (χ0v) is 11.5. The maximum atomic E-state index is 5.96. The molecule has 0 saturated heterocycles. The third-order valence-electron chi connectivity index (χ3n) is 2.89. The first kappa shape index (κ1) is 12.2. The summed E-state index contributed by atoms with van der Waals surface area (Å²) in [7, 11) is 0. The van der Waals surface area contributed by atoms with Crippen LogP contribution in [0.1, 0.15) is 6.42 Å². The first-order chi connectivity index (χ1) is 8.54. The van der Waals surface area contributed by atoms with E-state index in [1.807, 2.05) is 12.1 Å². The molecule has 0 aliphatic heterocycles. The number of tetrazole rings is 1. The number of benzene rings is 1. The van der Waals surface area contributed by atoms with E-state index in [0.29, 0.717) is 17.4 Å². The molecule has 1 heterocycles. The van der Waals surface area contributed by atoms with Gasteiger partial charge in [0.25, 0.3) is 0 Å². The number of nitrogens with zero attached hydrogens (tertiary/aromatic N) is 4. The molecule has 1 saturated carbocycles. The number of rotatable bonds is 3. The number of hydrogen-bond donors (Lipinski definition) is 0. The first-order valence-electron chi connectivity index (χ1n) is 5.46. The van der Waals surface area contributed by atoms with E-state index in [4.69, 9.17) is 34.8 Å². The van der Waals surface area contributed by atoms with E-state index in [0.717, 1.165) is 12.0 Å². The van der Waals surface area contributed by atoms with Crippen molar-refractivity contribution in [2.45, 2.75) is 17.3 Å². The van der Waals surface area contributed by atoms with Crippen LogP contribution in [0, 0.1) is 5.92 Å². The summed E-state index contributed by atoms with van der Waals surface area (Å²) in [4.78, 5) is 1.53. The van der Waals surface area contributed by atoms with Crippen molar-refractivity contribution in [1.29, 1.82) is 0 Å². The maximum Gasteiger partial charge on any atom is 0.204 e. The summed E-state index contributed by atoms with van der Waals surface area (Å²) in [5, 5.41) is 13.0. The number of alkyl halides is 2. The van der Waals surface area contributed by atoms with E-state index >= 15 is 0 Å². The van der Waals surface area contributed by atoms with Gasteiger partial charge in [0, 0.05) is 16.5 Å². The van der Waals surface area contributed by atoms with Crippen molar-refractivity contribution in [3.05, 3.63) is 29.3 Å². The van der Waals surface area contributed by atoms with E-state index in [-0.39, 0.29) is 5.92 Å². The first-order valence-corrected chi connectivity index (χ1v) is 6.59. The van der Waals surface area contributed by atoms with E-state index < -0.39 is 4.33 Å². The average molecular weight is 304 g/mol. The van der Waals surface area contributed by atoms with Crippen LogP contribution >= 0.6 is 34.8 Å². The van der Waals surface area contributed by atoms with E-state index in [2.05, 4.69) is 15.4 Å². The largest absolute Gasteiger partial charge is 0.204 e. The summed E-state index contributed by atoms with van der Waals surface area (Å²) in [5.74, 6) is 0.773. The minimum Gasteiger partial charge on any atom is -0.163 e. The molecule has 0 bridgehead atoms. The van der Waals surface area contributed by atoms with Gasteiger partial charge in [0.2, 0.25) is 5.82 Å². The standard InChI is InChI=1S/C11H9Cl3N4/c12-9-3-1-7(2-4-9)10-15-17-18(16-10)6-8-5-11(8,13)14/h1-4,8H,5-6H2. The lowest BCUT2D eigenvalue weighted by Crippen LogP contribution is -2.07. The van der Waals surface area contributed by atoms with Crippen LogP contribution in [0.15, 0.2) is 24.3 Å². The SMILES string of the molecule is Clc1ccc(-c2nnn(CC3CC3(Cl)Cl)n2)cc1. The maximum absolute atomic E-state index is 5.96. The van der Waals surface area contributed by atoms with Crippen LogP contribution in [0.25, 0.3) is 11.4 Å². The summed E-state index contributed by atoms with van der Waals surface area (Å²) in [6.45, 7) is 0.591. The Morgan fingerprint density at radius 3 is 2.56 bits per heavy atom. The highest BCUT2D eigenvalue weighted by Gasteiger charge is 2.52. The Labute approximate surface area is 119 Å². The second kappa shape index (κ2) is 4.37. The second-order valence-corrected chi connectivity index (χ2v) is 6.32. The normalized spacial score (nSPS) is 20.9. The van der Waals surface area contributed by atoms with Crippen LogP contribution in [0.5, 0.6) is 0 Å². The van der Waals surface area contributed by atoms with Crippen molar-refractivity contribution in [3.63, 3.8) is 0 Å². The predicted molar refractivity (Wildman–Crippen MR) is 70.8 cm³/mol. The zero-order chi connectivity index (χ0) is 12.8. The van der Waals surface area contributed by atoms with Gasteiger partial charge in [-0.15, -0.1) is 33.4 Å². The Kier molecular flexibility index (Phi) is 2.96. The lowest BCUT2D eigenvalue weighted by molar-refractivity contribution is 0.484. The Bertz CT molecular complexity index is 564. The fraction of sp³-hybridized carbons (Fsp3) is 0.364. The van der Waals surface area contributed by atoms with Crippen LogP contribution in [0.2, 0.25) is 5.02 Å². The summed E-state index contributed by atoms with van der Waals surface area (Å²) in [6, 6.07) is 7.30. The Hall–Kier alpha value is -0.840. The van der Waals surface area contributed by atoms with Gasteiger partial charge >= 0.3 is 0 Å². The molecule has 18 heavy (non-hydrogen) atoms. The minimum absolute atomic E-state index is 0.202. The summed E-state index contributed by atoms with van der Waals surface area (Å²) < 4.78 is -0.617. The molecule has 1 aliphatic rings. The van der Waals surface area contributed by atoms with Crippen LogP contribution in [0.4, 0.5) is 0 Å². The molecule has 0 spiro atoms. The molecule has 0 amide bonds. The molecule has 2 aromatic rings. The molecule has 1 unspecified atom stereocenters. The Balaban J connectivity index is 1.75. The molecule has 4 nitrogen and oxygen atoms in total. The molecule has 1 aromatic heterocycles. The smallest absolute Gasteiger partial charge is 0.163 e. The van der Waals surface area contributed by atoms with Gasteiger partial charge in [0.15, 0.2) is 0 Å². The van der Waals surface area contributed by atoms with Gasteiger partial charge in [-0.25, -0.2) is 0 Å². The molecular formula is C11H9Cl3N4. The predicted octanol–water partition coefficient (Wildman–Crippen LogP) is 3.19. The quantitative estimate of drug-likeness (QED) is 0.818. The molecule has 1 aliphatic carbocycles. The number of hydrogen-bond acceptors (Lipinski definition) is 3. The van der Waals surface area contributed by atoms with Crippen molar-refractivity contribution in [1.82, 2.24) is 20.2 Å². The van der Waals surface area contributed by atoms with Crippen LogP contribution in [-0.2, 0) is 6.54 Å².